The van der Waals surface area contributed by atoms with Crippen LogP contribution in [-0.4, -0.2) is 17.8 Å². The van der Waals surface area contributed by atoms with Gasteiger partial charge in [-0.25, -0.2) is 0 Å². The number of fused-ring (bicyclic) bond motifs is 1. The number of benzene rings is 1. The molecule has 1 aromatic heterocycles. The van der Waals surface area contributed by atoms with Gasteiger partial charge in [-0.2, -0.15) is 0 Å². The summed E-state index contributed by atoms with van der Waals surface area (Å²) in [5.41, 5.74) is 2.09. The fraction of sp³-hybridized carbons (Fsp3) is 0.357. The van der Waals surface area contributed by atoms with Crippen LogP contribution < -0.4 is 10.1 Å². The van der Waals surface area contributed by atoms with Crippen molar-refractivity contribution in [3.8, 4) is 5.75 Å². The van der Waals surface area contributed by atoms with Crippen molar-refractivity contribution in [1.29, 1.82) is 0 Å². The van der Waals surface area contributed by atoms with E-state index in [-0.39, 0.29) is 6.10 Å². The molecule has 0 bridgehead atoms. The first-order valence-corrected chi connectivity index (χ1v) is 6.66. The number of halogens is 1. The van der Waals surface area contributed by atoms with E-state index in [0.29, 0.717) is 6.54 Å². The molecule has 2 heterocycles. The molecule has 3 rings (SSSR count). The van der Waals surface area contributed by atoms with Gasteiger partial charge in [0.15, 0.2) is 0 Å². The monoisotopic (exact) mass is 278 g/mol. The van der Waals surface area contributed by atoms with E-state index in [1.807, 2.05) is 31.2 Å². The molecule has 0 aliphatic carbocycles. The van der Waals surface area contributed by atoms with Gasteiger partial charge in [-0.15, -0.1) is 0 Å². The summed E-state index contributed by atoms with van der Waals surface area (Å²) < 4.78 is 10.9. The van der Waals surface area contributed by atoms with Crippen LogP contribution in [0.4, 0.5) is 0 Å². The van der Waals surface area contributed by atoms with E-state index >= 15 is 0 Å². The molecule has 1 aliphatic heterocycles. The van der Waals surface area contributed by atoms with Crippen molar-refractivity contribution >= 4 is 11.6 Å². The highest BCUT2D eigenvalue weighted by molar-refractivity contribution is 6.30. The third kappa shape index (κ3) is 2.91. The number of hydrogen-bond donors (Lipinski definition) is 1. The van der Waals surface area contributed by atoms with Crippen LogP contribution in [0, 0.1) is 6.92 Å². The predicted molar refractivity (Wildman–Crippen MR) is 72.5 cm³/mol. The summed E-state index contributed by atoms with van der Waals surface area (Å²) in [6.07, 6.45) is 1.04. The second kappa shape index (κ2) is 5.23. The fourth-order valence-corrected chi connectivity index (χ4v) is 2.46. The summed E-state index contributed by atoms with van der Waals surface area (Å²) >= 11 is 5.97. The van der Waals surface area contributed by atoms with Crippen LogP contribution in [0.3, 0.4) is 0 Å². The van der Waals surface area contributed by atoms with Gasteiger partial charge >= 0.3 is 0 Å². The van der Waals surface area contributed by atoms with E-state index in [2.05, 4.69) is 10.5 Å². The smallest absolute Gasteiger partial charge is 0.133 e. The minimum atomic E-state index is 0.154. The maximum Gasteiger partial charge on any atom is 0.133 e. The van der Waals surface area contributed by atoms with Gasteiger partial charge in [0.05, 0.1) is 5.69 Å². The Labute approximate surface area is 116 Å². The summed E-state index contributed by atoms with van der Waals surface area (Å²) in [5, 5.41) is 8.02. The Kier molecular flexibility index (Phi) is 3.44. The lowest BCUT2D eigenvalue weighted by Crippen LogP contribution is -2.29. The van der Waals surface area contributed by atoms with Crippen LogP contribution in [0.25, 0.3) is 0 Å². The zero-order chi connectivity index (χ0) is 13.2. The maximum atomic E-state index is 5.97. The number of hydrogen-bond acceptors (Lipinski definition) is 4. The number of nitrogens with one attached hydrogen (secondary N) is 1. The number of aromatic nitrogens is 1. The Morgan fingerprint density at radius 3 is 3.11 bits per heavy atom. The Balaban J connectivity index is 1.51. The van der Waals surface area contributed by atoms with Crippen molar-refractivity contribution in [2.24, 2.45) is 0 Å². The van der Waals surface area contributed by atoms with Crippen LogP contribution in [0.1, 0.15) is 17.0 Å². The molecule has 0 spiro atoms. The molecular weight excluding hydrogens is 264 g/mol. The molecule has 0 fully saturated rings. The van der Waals surface area contributed by atoms with E-state index in [1.165, 1.54) is 5.56 Å². The molecule has 0 saturated heterocycles. The molecular formula is C14H15ClN2O2. The molecule has 4 nitrogen and oxygen atoms in total. The first kappa shape index (κ1) is 12.5. The molecule has 100 valence electrons. The highest BCUT2D eigenvalue weighted by Gasteiger charge is 2.22. The van der Waals surface area contributed by atoms with Crippen LogP contribution in [-0.2, 0) is 13.0 Å². The van der Waals surface area contributed by atoms with Crippen molar-refractivity contribution < 1.29 is 9.26 Å². The fourth-order valence-electron chi connectivity index (χ4n) is 2.27. The Morgan fingerprint density at radius 1 is 1.42 bits per heavy atom. The molecule has 5 heteroatoms. The third-order valence-electron chi connectivity index (χ3n) is 3.12. The molecule has 0 amide bonds. The average Bonchev–Trinajstić information content (AvgIpc) is 2.95. The Morgan fingerprint density at radius 2 is 2.32 bits per heavy atom. The quantitative estimate of drug-likeness (QED) is 0.934. The highest BCUT2D eigenvalue weighted by atomic mass is 35.5. The highest BCUT2D eigenvalue weighted by Crippen LogP contribution is 2.30. The molecule has 0 radical (unpaired) electrons. The standard InChI is InChI=1S/C14H15ClN2O2/c1-9-4-12(17-19-9)7-16-8-13-6-10-5-11(15)2-3-14(10)18-13/h2-5,13,16H,6-8H2,1H3. The average molecular weight is 279 g/mol. The van der Waals surface area contributed by atoms with Gasteiger partial charge in [0, 0.05) is 30.6 Å². The lowest BCUT2D eigenvalue weighted by Gasteiger charge is -2.10. The van der Waals surface area contributed by atoms with Gasteiger partial charge in [-0.3, -0.25) is 0 Å². The minimum absolute atomic E-state index is 0.154. The molecule has 1 unspecified atom stereocenters. The molecule has 0 saturated carbocycles. The van der Waals surface area contributed by atoms with Gasteiger partial charge in [-0.1, -0.05) is 16.8 Å². The maximum absolute atomic E-state index is 5.97. The van der Waals surface area contributed by atoms with Crippen molar-refractivity contribution in [1.82, 2.24) is 10.5 Å². The van der Waals surface area contributed by atoms with Gasteiger partial charge in [0.25, 0.3) is 0 Å². The van der Waals surface area contributed by atoms with Crippen molar-refractivity contribution in [3.63, 3.8) is 0 Å². The normalized spacial score (nSPS) is 17.3. The molecule has 1 aromatic carbocycles. The van der Waals surface area contributed by atoms with Crippen LogP contribution in [0.15, 0.2) is 28.8 Å². The molecule has 19 heavy (non-hydrogen) atoms. The predicted octanol–water partition coefficient (Wildman–Crippen LogP) is 2.73. The van der Waals surface area contributed by atoms with Gasteiger partial charge in [0.2, 0.25) is 0 Å². The zero-order valence-corrected chi connectivity index (χ0v) is 11.4. The SMILES string of the molecule is Cc1cc(CNCC2Cc3cc(Cl)ccc3O2)no1. The van der Waals surface area contributed by atoms with Crippen LogP contribution in [0.5, 0.6) is 5.75 Å². The Hall–Kier alpha value is -1.52. The largest absolute Gasteiger partial charge is 0.488 e. The van der Waals surface area contributed by atoms with Crippen LogP contribution in [0.2, 0.25) is 5.02 Å². The summed E-state index contributed by atoms with van der Waals surface area (Å²) in [6.45, 7) is 3.35. The van der Waals surface area contributed by atoms with Crippen molar-refractivity contribution in [3.05, 3.63) is 46.3 Å². The number of aryl methyl sites for hydroxylation is 1. The number of nitrogens with zero attached hydrogens (tertiary/aromatic N) is 1. The van der Waals surface area contributed by atoms with Crippen molar-refractivity contribution in [2.75, 3.05) is 6.54 Å². The molecule has 1 aliphatic rings. The third-order valence-corrected chi connectivity index (χ3v) is 3.35. The second-order valence-electron chi connectivity index (χ2n) is 4.76. The van der Waals surface area contributed by atoms with E-state index in [9.17, 15) is 0 Å². The summed E-state index contributed by atoms with van der Waals surface area (Å²) in [4.78, 5) is 0. The summed E-state index contributed by atoms with van der Waals surface area (Å²) in [6, 6.07) is 7.68. The van der Waals surface area contributed by atoms with E-state index in [0.717, 1.165) is 35.2 Å². The first-order valence-electron chi connectivity index (χ1n) is 6.29. The Bertz CT molecular complexity index is 583. The van der Waals surface area contributed by atoms with Gasteiger partial charge in [0.1, 0.15) is 17.6 Å². The molecule has 1 N–H and O–H groups in total. The summed E-state index contributed by atoms with van der Waals surface area (Å²) in [7, 11) is 0. The van der Waals surface area contributed by atoms with E-state index in [1.54, 1.807) is 0 Å². The zero-order valence-electron chi connectivity index (χ0n) is 10.6. The molecule has 1 atom stereocenters. The van der Waals surface area contributed by atoms with Gasteiger partial charge in [-0.05, 0) is 30.7 Å². The first-order chi connectivity index (χ1) is 9.20. The lowest BCUT2D eigenvalue weighted by molar-refractivity contribution is 0.226. The van der Waals surface area contributed by atoms with Crippen molar-refractivity contribution in [2.45, 2.75) is 26.0 Å². The second-order valence-corrected chi connectivity index (χ2v) is 5.19. The lowest BCUT2D eigenvalue weighted by atomic mass is 10.1. The van der Waals surface area contributed by atoms with E-state index < -0.39 is 0 Å². The van der Waals surface area contributed by atoms with E-state index in [4.69, 9.17) is 20.9 Å². The van der Waals surface area contributed by atoms with Gasteiger partial charge < -0.3 is 14.6 Å². The topological polar surface area (TPSA) is 47.3 Å². The number of ether oxygens (including phenoxy) is 1. The number of rotatable bonds is 4. The summed E-state index contributed by atoms with van der Waals surface area (Å²) in [5.74, 6) is 1.77. The van der Waals surface area contributed by atoms with Crippen LogP contribution >= 0.6 is 11.6 Å². The minimum Gasteiger partial charge on any atom is -0.488 e. The molecule has 2 aromatic rings.